The van der Waals surface area contributed by atoms with Gasteiger partial charge in [0, 0.05) is 14.1 Å². The molecule has 4 rings (SSSR count). The van der Waals surface area contributed by atoms with Crippen LogP contribution >= 0.6 is 0 Å². The molecule has 0 fully saturated rings. The molecule has 0 radical (unpaired) electrons. The van der Waals surface area contributed by atoms with E-state index in [-0.39, 0.29) is 10.6 Å². The van der Waals surface area contributed by atoms with Gasteiger partial charge in [-0.2, -0.15) is 0 Å². The van der Waals surface area contributed by atoms with Gasteiger partial charge in [0.2, 0.25) is 10.0 Å². The SMILES string of the molecule is CCC(NS(=O)(=O)c1ccc2c(c1)n(C)c(=O)n2C)c1ncc(-c2ccccc2)[nH]1. The Morgan fingerprint density at radius 2 is 1.77 bits per heavy atom. The van der Waals surface area contributed by atoms with E-state index < -0.39 is 16.1 Å². The molecule has 0 amide bonds. The zero-order chi connectivity index (χ0) is 21.5. The molecule has 0 aliphatic heterocycles. The number of hydrogen-bond donors (Lipinski definition) is 2. The summed E-state index contributed by atoms with van der Waals surface area (Å²) in [5.74, 6) is 0.549. The van der Waals surface area contributed by atoms with Crippen LogP contribution in [0.25, 0.3) is 22.3 Å². The van der Waals surface area contributed by atoms with E-state index in [2.05, 4.69) is 14.7 Å². The van der Waals surface area contributed by atoms with Gasteiger partial charge in [0.1, 0.15) is 5.82 Å². The molecule has 0 bridgehead atoms. The number of benzene rings is 2. The number of rotatable bonds is 6. The summed E-state index contributed by atoms with van der Waals surface area (Å²) < 4.78 is 31.8. The first-order chi connectivity index (χ1) is 14.3. The Labute approximate surface area is 174 Å². The number of fused-ring (bicyclic) bond motifs is 1. The summed E-state index contributed by atoms with van der Waals surface area (Å²) in [5.41, 5.74) is 2.83. The number of sulfonamides is 1. The summed E-state index contributed by atoms with van der Waals surface area (Å²) in [6.45, 7) is 1.89. The van der Waals surface area contributed by atoms with Gasteiger partial charge in [-0.05, 0) is 30.2 Å². The highest BCUT2D eigenvalue weighted by Gasteiger charge is 2.23. The number of hydrogen-bond acceptors (Lipinski definition) is 4. The standard InChI is InChI=1S/C21H23N5O3S/c1-4-16(20-22-13-17(23-20)14-8-6-5-7-9-14)24-30(28,29)15-10-11-18-19(12-15)26(3)21(27)25(18)2/h5-13,16,24H,4H2,1-3H3,(H,22,23). The molecule has 2 heterocycles. The lowest BCUT2D eigenvalue weighted by molar-refractivity contribution is 0.539. The molecule has 8 nitrogen and oxygen atoms in total. The molecule has 1 atom stereocenters. The molecule has 0 aliphatic rings. The van der Waals surface area contributed by atoms with Crippen molar-refractivity contribution in [1.82, 2.24) is 23.8 Å². The minimum atomic E-state index is -3.82. The molecule has 30 heavy (non-hydrogen) atoms. The zero-order valence-corrected chi connectivity index (χ0v) is 17.8. The first-order valence-electron chi connectivity index (χ1n) is 9.60. The van der Waals surface area contributed by atoms with Gasteiger partial charge < -0.3 is 4.98 Å². The molecule has 0 saturated heterocycles. The average molecular weight is 426 g/mol. The lowest BCUT2D eigenvalue weighted by Crippen LogP contribution is -2.29. The Balaban J connectivity index is 1.65. The van der Waals surface area contributed by atoms with Gasteiger partial charge in [0.05, 0.1) is 33.9 Å². The second-order valence-corrected chi connectivity index (χ2v) is 8.90. The number of aromatic amines is 1. The topological polar surface area (TPSA) is 102 Å². The van der Waals surface area contributed by atoms with Crippen molar-refractivity contribution >= 4 is 21.1 Å². The van der Waals surface area contributed by atoms with Crippen LogP contribution in [-0.4, -0.2) is 27.5 Å². The van der Waals surface area contributed by atoms with Crippen molar-refractivity contribution < 1.29 is 8.42 Å². The van der Waals surface area contributed by atoms with Crippen molar-refractivity contribution in [3.8, 4) is 11.3 Å². The van der Waals surface area contributed by atoms with Crippen LogP contribution in [0.15, 0.2) is 64.4 Å². The Hall–Kier alpha value is -3.17. The quantitative estimate of drug-likeness (QED) is 0.496. The molecule has 0 spiro atoms. The van der Waals surface area contributed by atoms with E-state index in [1.54, 1.807) is 26.4 Å². The van der Waals surface area contributed by atoms with Crippen molar-refractivity contribution in [2.45, 2.75) is 24.3 Å². The Morgan fingerprint density at radius 3 is 2.47 bits per heavy atom. The van der Waals surface area contributed by atoms with Crippen LogP contribution in [0.4, 0.5) is 0 Å². The monoisotopic (exact) mass is 425 g/mol. The number of imidazole rings is 2. The number of nitrogens with one attached hydrogen (secondary N) is 2. The zero-order valence-electron chi connectivity index (χ0n) is 17.0. The maximum absolute atomic E-state index is 13.1. The first-order valence-corrected chi connectivity index (χ1v) is 11.1. The molecule has 156 valence electrons. The van der Waals surface area contributed by atoms with Crippen LogP contribution in [0.2, 0.25) is 0 Å². The van der Waals surface area contributed by atoms with E-state index >= 15 is 0 Å². The van der Waals surface area contributed by atoms with E-state index in [0.717, 1.165) is 11.3 Å². The number of nitrogens with zero attached hydrogens (tertiary/aromatic N) is 3. The lowest BCUT2D eigenvalue weighted by Gasteiger charge is -2.15. The van der Waals surface area contributed by atoms with E-state index in [9.17, 15) is 13.2 Å². The second kappa shape index (κ2) is 7.58. The molecule has 4 aromatic rings. The minimum Gasteiger partial charge on any atom is -0.341 e. The third-order valence-corrected chi connectivity index (χ3v) is 6.74. The van der Waals surface area contributed by atoms with Crippen molar-refractivity contribution in [2.24, 2.45) is 14.1 Å². The van der Waals surface area contributed by atoms with Gasteiger partial charge in [-0.15, -0.1) is 0 Å². The van der Waals surface area contributed by atoms with Crippen LogP contribution in [0.1, 0.15) is 25.2 Å². The molecule has 9 heteroatoms. The van der Waals surface area contributed by atoms with Gasteiger partial charge in [-0.3, -0.25) is 9.13 Å². The highest BCUT2D eigenvalue weighted by molar-refractivity contribution is 7.89. The molecular formula is C21H23N5O3S. The van der Waals surface area contributed by atoms with E-state index in [1.807, 2.05) is 37.3 Å². The summed E-state index contributed by atoms with van der Waals surface area (Å²) in [6.07, 6.45) is 2.22. The highest BCUT2D eigenvalue weighted by Crippen LogP contribution is 2.23. The van der Waals surface area contributed by atoms with Crippen molar-refractivity contribution in [3.63, 3.8) is 0 Å². The predicted octanol–water partition coefficient (Wildman–Crippen LogP) is 2.70. The summed E-state index contributed by atoms with van der Waals surface area (Å²) in [4.78, 5) is 19.8. The van der Waals surface area contributed by atoms with Gasteiger partial charge in [-0.25, -0.2) is 22.9 Å². The first kappa shape index (κ1) is 20.1. The maximum Gasteiger partial charge on any atom is 0.328 e. The fraction of sp³-hybridized carbons (Fsp3) is 0.238. The van der Waals surface area contributed by atoms with Crippen LogP contribution in [0.5, 0.6) is 0 Å². The van der Waals surface area contributed by atoms with Crippen molar-refractivity contribution in [2.75, 3.05) is 0 Å². The normalized spacial score (nSPS) is 13.0. The van der Waals surface area contributed by atoms with Gasteiger partial charge >= 0.3 is 5.69 Å². The maximum atomic E-state index is 13.1. The molecule has 1 unspecified atom stereocenters. The Kier molecular flexibility index (Phi) is 5.08. The molecule has 0 saturated carbocycles. The minimum absolute atomic E-state index is 0.101. The van der Waals surface area contributed by atoms with E-state index in [1.165, 1.54) is 21.3 Å². The van der Waals surface area contributed by atoms with Crippen molar-refractivity contribution in [1.29, 1.82) is 0 Å². The smallest absolute Gasteiger partial charge is 0.328 e. The van der Waals surface area contributed by atoms with Crippen LogP contribution < -0.4 is 10.4 Å². The number of aromatic nitrogens is 4. The Bertz CT molecular complexity index is 1370. The molecule has 2 aromatic carbocycles. The second-order valence-electron chi connectivity index (χ2n) is 7.18. The number of aryl methyl sites for hydroxylation is 2. The van der Waals surface area contributed by atoms with Gasteiger partial charge in [-0.1, -0.05) is 37.3 Å². The third-order valence-electron chi connectivity index (χ3n) is 5.27. The molecular weight excluding hydrogens is 402 g/mol. The van der Waals surface area contributed by atoms with Gasteiger partial charge in [0.25, 0.3) is 0 Å². The molecule has 0 aliphatic carbocycles. The van der Waals surface area contributed by atoms with Crippen LogP contribution in [0, 0.1) is 0 Å². The van der Waals surface area contributed by atoms with Crippen LogP contribution in [-0.2, 0) is 24.1 Å². The number of H-pyrrole nitrogens is 1. The fourth-order valence-electron chi connectivity index (χ4n) is 3.52. The van der Waals surface area contributed by atoms with Crippen molar-refractivity contribution in [3.05, 3.63) is 71.0 Å². The summed E-state index contributed by atoms with van der Waals surface area (Å²) >= 11 is 0. The van der Waals surface area contributed by atoms with E-state index in [0.29, 0.717) is 23.3 Å². The van der Waals surface area contributed by atoms with Crippen LogP contribution in [0.3, 0.4) is 0 Å². The highest BCUT2D eigenvalue weighted by atomic mass is 32.2. The lowest BCUT2D eigenvalue weighted by atomic mass is 10.2. The predicted molar refractivity (Wildman–Crippen MR) is 116 cm³/mol. The summed E-state index contributed by atoms with van der Waals surface area (Å²) in [7, 11) is -0.541. The summed E-state index contributed by atoms with van der Waals surface area (Å²) in [6, 6.07) is 13.9. The largest absolute Gasteiger partial charge is 0.341 e. The fourth-order valence-corrected chi connectivity index (χ4v) is 4.82. The van der Waals surface area contributed by atoms with E-state index in [4.69, 9.17) is 0 Å². The average Bonchev–Trinajstić information content (AvgIpc) is 3.33. The summed E-state index contributed by atoms with van der Waals surface area (Å²) in [5, 5.41) is 0. The Morgan fingerprint density at radius 1 is 1.07 bits per heavy atom. The van der Waals surface area contributed by atoms with Gasteiger partial charge in [0.15, 0.2) is 0 Å². The third kappa shape index (κ3) is 3.46. The molecule has 2 aromatic heterocycles. The molecule has 2 N–H and O–H groups in total.